The van der Waals surface area contributed by atoms with Crippen LogP contribution in [0.25, 0.3) is 0 Å². The molecular weight excluding hydrogens is 362 g/mol. The summed E-state index contributed by atoms with van der Waals surface area (Å²) in [5.74, 6) is -0.908. The van der Waals surface area contributed by atoms with Gasteiger partial charge in [0.1, 0.15) is 11.6 Å². The van der Waals surface area contributed by atoms with Crippen molar-refractivity contribution in [2.24, 2.45) is 0 Å². The summed E-state index contributed by atoms with van der Waals surface area (Å²) in [4.78, 5) is 12.3. The molecule has 2 rings (SSSR count). The first-order chi connectivity index (χ1) is 10.9. The SMILES string of the molecule is COc1c(Cl)cc(Cl)cc1C(=O)NC(=S)Nc1ccccc1F. The lowest BCUT2D eigenvalue weighted by atomic mass is 10.2. The van der Waals surface area contributed by atoms with Gasteiger partial charge in [-0.2, -0.15) is 0 Å². The maximum absolute atomic E-state index is 13.5. The van der Waals surface area contributed by atoms with Crippen molar-refractivity contribution in [3.05, 3.63) is 57.8 Å². The normalized spacial score (nSPS) is 10.1. The summed E-state index contributed by atoms with van der Waals surface area (Å²) in [6, 6.07) is 8.79. The van der Waals surface area contributed by atoms with Crippen molar-refractivity contribution in [1.29, 1.82) is 0 Å². The van der Waals surface area contributed by atoms with Crippen molar-refractivity contribution in [2.45, 2.75) is 0 Å². The van der Waals surface area contributed by atoms with Crippen LogP contribution in [0.4, 0.5) is 10.1 Å². The number of hydrogen-bond acceptors (Lipinski definition) is 3. The van der Waals surface area contributed by atoms with Crippen molar-refractivity contribution in [3.63, 3.8) is 0 Å². The van der Waals surface area contributed by atoms with Crippen molar-refractivity contribution in [1.82, 2.24) is 5.32 Å². The number of benzene rings is 2. The molecule has 0 heterocycles. The van der Waals surface area contributed by atoms with Crippen LogP contribution in [0.2, 0.25) is 10.0 Å². The Kier molecular flexibility index (Phi) is 5.76. The number of ether oxygens (including phenoxy) is 1. The largest absolute Gasteiger partial charge is 0.494 e. The predicted molar refractivity (Wildman–Crippen MR) is 93.1 cm³/mol. The first-order valence-corrected chi connectivity index (χ1v) is 7.48. The second kappa shape index (κ2) is 7.59. The minimum absolute atomic E-state index is 0.0711. The van der Waals surface area contributed by atoms with Crippen LogP contribution in [-0.4, -0.2) is 18.1 Å². The highest BCUT2D eigenvalue weighted by molar-refractivity contribution is 7.80. The van der Waals surface area contributed by atoms with E-state index in [2.05, 4.69) is 10.6 Å². The minimum Gasteiger partial charge on any atom is -0.494 e. The number of nitrogens with one attached hydrogen (secondary N) is 2. The van der Waals surface area contributed by atoms with Gasteiger partial charge in [0.25, 0.3) is 5.91 Å². The molecule has 8 heteroatoms. The van der Waals surface area contributed by atoms with Crippen LogP contribution < -0.4 is 15.4 Å². The zero-order chi connectivity index (χ0) is 17.0. The first kappa shape index (κ1) is 17.5. The Bertz CT molecular complexity index is 771. The van der Waals surface area contributed by atoms with E-state index in [1.165, 1.54) is 31.4 Å². The molecule has 0 atom stereocenters. The molecule has 23 heavy (non-hydrogen) atoms. The Labute approximate surface area is 147 Å². The molecule has 0 saturated carbocycles. The number of halogens is 3. The summed E-state index contributed by atoms with van der Waals surface area (Å²) in [5, 5.41) is 5.41. The molecule has 0 aliphatic heterocycles. The highest BCUT2D eigenvalue weighted by atomic mass is 35.5. The van der Waals surface area contributed by atoms with E-state index in [-0.39, 0.29) is 32.2 Å². The van der Waals surface area contributed by atoms with Crippen LogP contribution in [0.3, 0.4) is 0 Å². The average Bonchev–Trinajstić information content (AvgIpc) is 2.48. The molecule has 2 aromatic carbocycles. The Hall–Kier alpha value is -1.89. The number of rotatable bonds is 3. The fourth-order valence-corrected chi connectivity index (χ4v) is 2.60. The van der Waals surface area contributed by atoms with Crippen LogP contribution in [0.5, 0.6) is 5.75 Å². The summed E-state index contributed by atoms with van der Waals surface area (Å²) in [5.41, 5.74) is 0.261. The maximum atomic E-state index is 13.5. The molecule has 0 saturated heterocycles. The number of thiocarbonyl (C=S) groups is 1. The second-order valence-corrected chi connectivity index (χ2v) is 5.61. The smallest absolute Gasteiger partial charge is 0.261 e. The Morgan fingerprint density at radius 1 is 1.26 bits per heavy atom. The molecule has 0 aliphatic rings. The van der Waals surface area contributed by atoms with E-state index in [4.69, 9.17) is 40.2 Å². The van der Waals surface area contributed by atoms with E-state index in [9.17, 15) is 9.18 Å². The number of hydrogen-bond donors (Lipinski definition) is 2. The zero-order valence-corrected chi connectivity index (χ0v) is 14.2. The lowest BCUT2D eigenvalue weighted by molar-refractivity contribution is 0.0974. The third-order valence-electron chi connectivity index (χ3n) is 2.81. The number of carbonyl (C=O) groups excluding carboxylic acids is 1. The van der Waals surface area contributed by atoms with Crippen LogP contribution >= 0.6 is 35.4 Å². The lowest BCUT2D eigenvalue weighted by Gasteiger charge is -2.13. The number of methoxy groups -OCH3 is 1. The highest BCUT2D eigenvalue weighted by Crippen LogP contribution is 2.32. The van der Waals surface area contributed by atoms with Gasteiger partial charge in [0, 0.05) is 5.02 Å². The van der Waals surface area contributed by atoms with Crippen molar-refractivity contribution >= 4 is 52.1 Å². The van der Waals surface area contributed by atoms with Crippen molar-refractivity contribution < 1.29 is 13.9 Å². The molecule has 0 fully saturated rings. The van der Waals surface area contributed by atoms with Gasteiger partial charge < -0.3 is 10.1 Å². The fourth-order valence-electron chi connectivity index (χ4n) is 1.82. The van der Waals surface area contributed by atoms with Gasteiger partial charge in [-0.15, -0.1) is 0 Å². The molecule has 0 bridgehead atoms. The lowest BCUT2D eigenvalue weighted by Crippen LogP contribution is -2.34. The van der Waals surface area contributed by atoms with Crippen LogP contribution in [0.15, 0.2) is 36.4 Å². The Morgan fingerprint density at radius 3 is 2.61 bits per heavy atom. The van der Waals surface area contributed by atoms with E-state index >= 15 is 0 Å². The Balaban J connectivity index is 2.16. The van der Waals surface area contributed by atoms with E-state index in [0.717, 1.165) is 0 Å². The third kappa shape index (κ3) is 4.31. The van der Waals surface area contributed by atoms with Crippen molar-refractivity contribution in [2.75, 3.05) is 12.4 Å². The van der Waals surface area contributed by atoms with Gasteiger partial charge in [-0.25, -0.2) is 4.39 Å². The topological polar surface area (TPSA) is 50.4 Å². The van der Waals surface area contributed by atoms with Gasteiger partial charge in [-0.3, -0.25) is 10.1 Å². The van der Waals surface area contributed by atoms with E-state index in [0.29, 0.717) is 0 Å². The minimum atomic E-state index is -0.583. The molecule has 0 spiro atoms. The molecular formula is C15H11Cl2FN2O2S. The third-order valence-corrected chi connectivity index (χ3v) is 3.51. The van der Waals surface area contributed by atoms with Crippen LogP contribution in [0, 0.1) is 5.82 Å². The van der Waals surface area contributed by atoms with E-state index in [1.54, 1.807) is 12.1 Å². The number of anilines is 1. The molecule has 2 N–H and O–H groups in total. The standard InChI is InChI=1S/C15H11Cl2FN2O2S/c1-22-13-9(6-8(16)7-10(13)17)14(21)20-15(23)19-12-5-3-2-4-11(12)18/h2-7H,1H3,(H2,19,20,21,23). The van der Waals surface area contributed by atoms with Gasteiger partial charge in [0.2, 0.25) is 0 Å². The quantitative estimate of drug-likeness (QED) is 0.790. The number of carbonyl (C=O) groups is 1. The first-order valence-electron chi connectivity index (χ1n) is 6.32. The summed E-state index contributed by atoms with van der Waals surface area (Å²) in [6.45, 7) is 0. The van der Waals surface area contributed by atoms with Crippen molar-refractivity contribution in [3.8, 4) is 5.75 Å². The summed E-state index contributed by atoms with van der Waals surface area (Å²) in [6.07, 6.45) is 0. The number of para-hydroxylation sites is 1. The molecule has 2 aromatic rings. The predicted octanol–water partition coefficient (Wildman–Crippen LogP) is 4.27. The average molecular weight is 373 g/mol. The summed E-state index contributed by atoms with van der Waals surface area (Å²) < 4.78 is 18.6. The Morgan fingerprint density at radius 2 is 1.96 bits per heavy atom. The molecule has 4 nitrogen and oxygen atoms in total. The van der Waals surface area contributed by atoms with Crippen LogP contribution in [-0.2, 0) is 0 Å². The highest BCUT2D eigenvalue weighted by Gasteiger charge is 2.18. The van der Waals surface area contributed by atoms with Gasteiger partial charge in [-0.1, -0.05) is 35.3 Å². The number of amides is 1. The summed E-state index contributed by atoms with van der Waals surface area (Å²) >= 11 is 16.9. The van der Waals surface area contributed by atoms with Crippen LogP contribution in [0.1, 0.15) is 10.4 Å². The zero-order valence-electron chi connectivity index (χ0n) is 11.8. The van der Waals surface area contributed by atoms with Gasteiger partial charge in [-0.05, 0) is 36.5 Å². The maximum Gasteiger partial charge on any atom is 0.261 e. The van der Waals surface area contributed by atoms with E-state index in [1.807, 2.05) is 0 Å². The fraction of sp³-hybridized carbons (Fsp3) is 0.0667. The van der Waals surface area contributed by atoms with Gasteiger partial charge >= 0.3 is 0 Å². The molecule has 0 radical (unpaired) electrons. The molecule has 120 valence electrons. The molecule has 0 aliphatic carbocycles. The molecule has 1 amide bonds. The monoisotopic (exact) mass is 372 g/mol. The second-order valence-electron chi connectivity index (χ2n) is 4.36. The molecule has 0 aromatic heterocycles. The van der Waals surface area contributed by atoms with Gasteiger partial charge in [0.15, 0.2) is 5.11 Å². The van der Waals surface area contributed by atoms with E-state index < -0.39 is 11.7 Å². The molecule has 0 unspecified atom stereocenters. The van der Waals surface area contributed by atoms with Gasteiger partial charge in [0.05, 0.1) is 23.4 Å². The summed E-state index contributed by atoms with van der Waals surface area (Å²) in [7, 11) is 1.38.